The van der Waals surface area contributed by atoms with Gasteiger partial charge in [-0.05, 0) is 46.0 Å². The molecular formula is C20H36N2O4. The van der Waals surface area contributed by atoms with Crippen LogP contribution in [0.25, 0.3) is 0 Å². The van der Waals surface area contributed by atoms with Gasteiger partial charge in [-0.1, -0.05) is 30.7 Å². The lowest BCUT2D eigenvalue weighted by Crippen LogP contribution is -2.48. The van der Waals surface area contributed by atoms with Crippen LogP contribution >= 0.6 is 0 Å². The van der Waals surface area contributed by atoms with Crippen LogP contribution in [0.1, 0.15) is 65.7 Å². The SMILES string of the molecule is [3H]OC(C=CCCC1(C[C@H](CCC=C(C)C)NC(N)=O)OCCCO1)CC. The molecule has 26 heavy (non-hydrogen) atoms. The summed E-state index contributed by atoms with van der Waals surface area (Å²) in [6, 6.07) is -0.637. The number of nitrogens with two attached hydrogens (primary N) is 1. The van der Waals surface area contributed by atoms with Crippen molar-refractivity contribution in [1.29, 1.82) is 1.43 Å². The van der Waals surface area contributed by atoms with Gasteiger partial charge in [-0.2, -0.15) is 0 Å². The number of rotatable bonds is 12. The van der Waals surface area contributed by atoms with Gasteiger partial charge >= 0.3 is 6.03 Å². The Morgan fingerprint density at radius 1 is 1.38 bits per heavy atom. The Hall–Kier alpha value is -1.37. The average molecular weight is 371 g/mol. The number of aliphatic hydroxyl groups excluding tert-OH is 1. The van der Waals surface area contributed by atoms with E-state index < -0.39 is 11.8 Å². The third kappa shape index (κ3) is 9.36. The molecule has 0 spiro atoms. The molecule has 6 heteroatoms. The molecule has 2 amide bonds. The van der Waals surface area contributed by atoms with Crippen LogP contribution in [-0.4, -0.2) is 43.7 Å². The van der Waals surface area contributed by atoms with Gasteiger partial charge in [0.05, 0.1) is 19.3 Å². The monoisotopic (exact) mass is 370 g/mol. The van der Waals surface area contributed by atoms with Crippen molar-refractivity contribution in [3.8, 4) is 0 Å². The van der Waals surface area contributed by atoms with Crippen LogP contribution in [0.15, 0.2) is 23.8 Å². The Labute approximate surface area is 159 Å². The standard InChI is InChI=1S/C20H36N2O4/c1-4-18(23)11-5-6-12-20(25-13-8-14-26-20)15-17(22-19(21)24)10-7-9-16(2)3/h5,9,11,17-18,23H,4,6-8,10,12-15H2,1-3H3,(H3,21,22,24)/t17-,18?/m0/s1/i23T. The summed E-state index contributed by atoms with van der Waals surface area (Å²) in [4.78, 5) is 11.4. The smallest absolute Gasteiger partial charge is 0.312 e. The lowest BCUT2D eigenvalue weighted by Gasteiger charge is -2.39. The largest absolute Gasteiger partial charge is 0.389 e. The van der Waals surface area contributed by atoms with Crippen LogP contribution < -0.4 is 11.1 Å². The summed E-state index contributed by atoms with van der Waals surface area (Å²) in [5, 5.41) is 7.46. The molecular weight excluding hydrogens is 332 g/mol. The summed E-state index contributed by atoms with van der Waals surface area (Å²) in [6.07, 6.45) is 11.1. The number of carbonyl (C=O) groups excluding carboxylic acids is 1. The Morgan fingerprint density at radius 2 is 2.12 bits per heavy atom. The number of aliphatic hydroxyl groups is 1. The third-order valence-corrected chi connectivity index (χ3v) is 4.44. The average Bonchev–Trinajstić information content (AvgIpc) is 2.62. The molecule has 0 aliphatic carbocycles. The highest BCUT2D eigenvalue weighted by Gasteiger charge is 2.36. The van der Waals surface area contributed by atoms with Crippen molar-refractivity contribution < 1.29 is 19.4 Å². The van der Waals surface area contributed by atoms with Crippen molar-refractivity contribution in [1.82, 2.24) is 5.32 Å². The number of allylic oxidation sites excluding steroid dienone is 3. The summed E-state index contributed by atoms with van der Waals surface area (Å²) in [7, 11) is 0. The summed E-state index contributed by atoms with van der Waals surface area (Å²) >= 11 is 0. The van der Waals surface area contributed by atoms with Gasteiger partial charge < -0.3 is 25.6 Å². The number of hydrogen-bond donors (Lipinski definition) is 3. The zero-order chi connectivity index (χ0) is 20.1. The summed E-state index contributed by atoms with van der Waals surface area (Å²) < 4.78 is 19.1. The maximum atomic E-state index is 11.4. The Balaban J connectivity index is 2.72. The van der Waals surface area contributed by atoms with E-state index in [1.807, 2.05) is 19.1 Å². The van der Waals surface area contributed by atoms with Crippen LogP contribution in [0, 0.1) is 0 Å². The summed E-state index contributed by atoms with van der Waals surface area (Å²) in [5.74, 6) is -0.718. The van der Waals surface area contributed by atoms with Gasteiger partial charge in [0.15, 0.2) is 5.79 Å². The highest BCUT2D eigenvalue weighted by molar-refractivity contribution is 5.71. The van der Waals surface area contributed by atoms with Gasteiger partial charge in [0.1, 0.15) is 0 Å². The normalized spacial score (nSPS) is 19.6. The first-order valence-electron chi connectivity index (χ1n) is 10.1. The quantitative estimate of drug-likeness (QED) is 0.459. The van der Waals surface area contributed by atoms with Gasteiger partial charge in [-0.25, -0.2) is 4.79 Å². The first kappa shape index (κ1) is 20.9. The highest BCUT2D eigenvalue weighted by Crippen LogP contribution is 2.31. The molecule has 1 fully saturated rings. The van der Waals surface area contributed by atoms with Crippen molar-refractivity contribution >= 4 is 6.03 Å². The van der Waals surface area contributed by atoms with Crippen LogP contribution in [0.2, 0.25) is 0 Å². The minimum Gasteiger partial charge on any atom is -0.389 e. The predicted molar refractivity (Wildman–Crippen MR) is 104 cm³/mol. The van der Waals surface area contributed by atoms with Crippen molar-refractivity contribution in [2.45, 2.75) is 83.6 Å². The Morgan fingerprint density at radius 3 is 2.69 bits per heavy atom. The fraction of sp³-hybridized carbons (Fsp3) is 0.750. The van der Waals surface area contributed by atoms with E-state index in [2.05, 4.69) is 30.3 Å². The molecule has 0 aromatic carbocycles. The van der Waals surface area contributed by atoms with Crippen molar-refractivity contribution in [3.63, 3.8) is 0 Å². The lowest BCUT2D eigenvalue weighted by molar-refractivity contribution is -0.275. The number of urea groups is 1. The summed E-state index contributed by atoms with van der Waals surface area (Å²) in [6.45, 7) is 7.39. The summed E-state index contributed by atoms with van der Waals surface area (Å²) in [5.41, 5.74) is 6.62. The molecule has 0 aromatic heterocycles. The van der Waals surface area contributed by atoms with Gasteiger partial charge in [-0.3, -0.25) is 0 Å². The van der Waals surface area contributed by atoms with Crippen LogP contribution in [0.5, 0.6) is 0 Å². The zero-order valence-corrected chi connectivity index (χ0v) is 16.5. The van der Waals surface area contributed by atoms with Gasteiger partial charge in [-0.15, -0.1) is 0 Å². The van der Waals surface area contributed by atoms with E-state index in [0.717, 1.165) is 32.1 Å². The fourth-order valence-corrected chi connectivity index (χ4v) is 3.04. The number of nitrogens with one attached hydrogen (secondary N) is 1. The molecule has 1 aliphatic rings. The van der Waals surface area contributed by atoms with Crippen LogP contribution in [0.3, 0.4) is 0 Å². The molecule has 0 bridgehead atoms. The Bertz CT molecular complexity index is 482. The number of ether oxygens (including phenoxy) is 2. The predicted octanol–water partition coefficient (Wildman–Crippen LogP) is 3.40. The van der Waals surface area contributed by atoms with Gasteiger partial charge in [0.25, 0.3) is 0 Å². The minimum atomic E-state index is -0.718. The molecule has 2 atom stereocenters. The van der Waals surface area contributed by atoms with Crippen molar-refractivity contribution in [2.75, 3.05) is 13.2 Å². The second kappa shape index (κ2) is 12.1. The molecule has 1 rings (SSSR count). The molecule has 6 nitrogen and oxygen atoms in total. The molecule has 1 aliphatic heterocycles. The molecule has 0 saturated carbocycles. The van der Waals surface area contributed by atoms with E-state index in [9.17, 15) is 4.79 Å². The van der Waals surface area contributed by atoms with E-state index in [0.29, 0.717) is 26.1 Å². The second-order valence-electron chi connectivity index (χ2n) is 7.14. The molecule has 1 unspecified atom stereocenters. The highest BCUT2D eigenvalue weighted by atomic mass is 16.7. The molecule has 0 aromatic rings. The maximum absolute atomic E-state index is 11.4. The topological polar surface area (TPSA) is 93.8 Å². The molecule has 1 saturated heterocycles. The molecule has 0 radical (unpaired) electrons. The van der Waals surface area contributed by atoms with E-state index >= 15 is 0 Å². The molecule has 1 heterocycles. The lowest BCUT2D eigenvalue weighted by atomic mass is 9.96. The van der Waals surface area contributed by atoms with E-state index in [1.165, 1.54) is 5.57 Å². The zero-order valence-electron chi connectivity index (χ0n) is 17.5. The minimum absolute atomic E-state index is 0.111. The van der Waals surface area contributed by atoms with Crippen LogP contribution in [-0.2, 0) is 9.47 Å². The van der Waals surface area contributed by atoms with E-state index in [1.54, 1.807) is 0 Å². The van der Waals surface area contributed by atoms with Crippen LogP contribution in [0.4, 0.5) is 4.79 Å². The number of hydrogen-bond acceptors (Lipinski definition) is 4. The third-order valence-electron chi connectivity index (χ3n) is 4.44. The number of primary amides is 1. The van der Waals surface area contributed by atoms with Gasteiger partial charge in [0, 0.05) is 18.9 Å². The first-order valence-corrected chi connectivity index (χ1v) is 9.66. The fourth-order valence-electron chi connectivity index (χ4n) is 3.04. The van der Waals surface area contributed by atoms with E-state index in [4.69, 9.17) is 16.6 Å². The number of amides is 2. The molecule has 4 N–H and O–H groups in total. The van der Waals surface area contributed by atoms with Crippen molar-refractivity contribution in [2.24, 2.45) is 5.73 Å². The second-order valence-corrected chi connectivity index (χ2v) is 7.14. The molecule has 150 valence electrons. The number of carbonyl (C=O) groups is 1. The van der Waals surface area contributed by atoms with E-state index in [-0.39, 0.29) is 12.1 Å². The maximum Gasteiger partial charge on any atom is 0.312 e. The van der Waals surface area contributed by atoms with Gasteiger partial charge in [0.2, 0.25) is 1.43 Å². The first-order chi connectivity index (χ1) is 12.9. The van der Waals surface area contributed by atoms with Crippen molar-refractivity contribution in [3.05, 3.63) is 23.8 Å². The Kier molecular flexibility index (Phi) is 9.74.